The number of anilines is 1. The molecule has 0 aliphatic carbocycles. The molecule has 2 N–H and O–H groups in total. The number of terminal acetylenes is 1. The van der Waals surface area contributed by atoms with Crippen LogP contribution >= 0.6 is 0 Å². The number of carbonyl (C=O) groups is 2. The number of halogens is 1. The Morgan fingerprint density at radius 1 is 1.24 bits per heavy atom. The highest BCUT2D eigenvalue weighted by atomic mass is 19.1. The van der Waals surface area contributed by atoms with Crippen molar-refractivity contribution in [1.82, 2.24) is 29.7 Å². The molecular formula is C26H34FN7O8. The quantitative estimate of drug-likeness (QED) is 0.233. The summed E-state index contributed by atoms with van der Waals surface area (Å²) in [5, 5.41) is 5.00. The van der Waals surface area contributed by atoms with Gasteiger partial charge in [-0.15, -0.1) is 6.42 Å². The van der Waals surface area contributed by atoms with Crippen molar-refractivity contribution in [1.29, 1.82) is 0 Å². The van der Waals surface area contributed by atoms with E-state index in [0.29, 0.717) is 24.6 Å². The standard InChI is InChI=1S/C26H34FN7O8/c1-8-26(38-7,14-39-22(35)28-10-12-33(6)13-17-16(2)40-24(37)41-17)9-11-34-15-29-18-19(30-21(27)32-20(18)34)31-23(36)42-25(3,4)5/h1,15H,9-14H2,2-7H3,(H,28,35)(H,30,31,32,36). The first-order valence-corrected chi connectivity index (χ1v) is 12.8. The maximum absolute atomic E-state index is 14.2. The van der Waals surface area contributed by atoms with Gasteiger partial charge in [0.1, 0.15) is 18.0 Å². The lowest BCUT2D eigenvalue weighted by Gasteiger charge is -2.26. The van der Waals surface area contributed by atoms with Crippen LogP contribution in [0, 0.1) is 25.3 Å². The van der Waals surface area contributed by atoms with E-state index in [9.17, 15) is 18.8 Å². The second kappa shape index (κ2) is 13.4. The zero-order valence-corrected chi connectivity index (χ0v) is 24.3. The van der Waals surface area contributed by atoms with Gasteiger partial charge in [-0.1, -0.05) is 5.92 Å². The molecule has 0 aliphatic rings. The van der Waals surface area contributed by atoms with E-state index in [2.05, 4.69) is 31.5 Å². The lowest BCUT2D eigenvalue weighted by atomic mass is 10.0. The molecule has 0 radical (unpaired) electrons. The lowest BCUT2D eigenvalue weighted by Crippen LogP contribution is -2.40. The van der Waals surface area contributed by atoms with Gasteiger partial charge in [0.25, 0.3) is 0 Å². The molecule has 3 heterocycles. The summed E-state index contributed by atoms with van der Waals surface area (Å²) >= 11 is 0. The highest BCUT2D eigenvalue weighted by molar-refractivity contribution is 5.93. The number of hydrogen-bond acceptors (Lipinski definition) is 12. The van der Waals surface area contributed by atoms with Crippen LogP contribution in [-0.2, 0) is 27.3 Å². The molecule has 16 heteroatoms. The number of nitrogens with zero attached hydrogens (tertiary/aromatic N) is 5. The van der Waals surface area contributed by atoms with E-state index in [4.69, 9.17) is 29.5 Å². The van der Waals surface area contributed by atoms with E-state index in [1.54, 1.807) is 34.7 Å². The molecule has 0 fully saturated rings. The number of nitrogens with one attached hydrogen (secondary N) is 2. The van der Waals surface area contributed by atoms with E-state index in [-0.39, 0.29) is 43.1 Å². The molecule has 1 unspecified atom stereocenters. The SMILES string of the molecule is C#CC(CCn1cnc2c(NC(=O)OC(C)(C)C)nc(F)nc21)(COC(=O)NCCN(C)Cc1oc(=O)oc1C)OC. The van der Waals surface area contributed by atoms with Crippen molar-refractivity contribution in [3.05, 3.63) is 34.5 Å². The Balaban J connectivity index is 1.56. The fourth-order valence-electron chi connectivity index (χ4n) is 3.70. The monoisotopic (exact) mass is 591 g/mol. The smallest absolute Gasteiger partial charge is 0.445 e. The second-order valence-electron chi connectivity index (χ2n) is 10.3. The van der Waals surface area contributed by atoms with Crippen molar-refractivity contribution in [2.24, 2.45) is 0 Å². The topological polar surface area (TPSA) is 176 Å². The van der Waals surface area contributed by atoms with Crippen molar-refractivity contribution in [3.63, 3.8) is 0 Å². The van der Waals surface area contributed by atoms with E-state index >= 15 is 0 Å². The summed E-state index contributed by atoms with van der Waals surface area (Å²) in [5.74, 6) is 2.38. The highest BCUT2D eigenvalue weighted by Crippen LogP contribution is 2.22. The van der Waals surface area contributed by atoms with Gasteiger partial charge in [0.15, 0.2) is 28.3 Å². The summed E-state index contributed by atoms with van der Waals surface area (Å²) in [6.07, 6.45) is 4.63. The van der Waals surface area contributed by atoms with Crippen molar-refractivity contribution >= 4 is 29.2 Å². The minimum Gasteiger partial charge on any atom is -0.445 e. The first-order valence-electron chi connectivity index (χ1n) is 12.8. The number of carbonyl (C=O) groups excluding carboxylic acids is 2. The number of aryl methyl sites for hydroxylation is 2. The molecule has 228 valence electrons. The van der Waals surface area contributed by atoms with Crippen LogP contribution in [0.2, 0.25) is 0 Å². The molecule has 0 saturated heterocycles. The molecule has 2 amide bonds. The van der Waals surface area contributed by atoms with Gasteiger partial charge < -0.3 is 32.9 Å². The Bertz CT molecular complexity index is 1500. The summed E-state index contributed by atoms with van der Waals surface area (Å²) in [4.78, 5) is 49.1. The molecule has 0 aliphatic heterocycles. The summed E-state index contributed by atoms with van der Waals surface area (Å²) in [7, 11) is 3.16. The number of amides is 2. The van der Waals surface area contributed by atoms with Gasteiger partial charge in [0.05, 0.1) is 12.9 Å². The predicted octanol–water partition coefficient (Wildman–Crippen LogP) is 2.43. The maximum Gasteiger partial charge on any atom is 0.519 e. The van der Waals surface area contributed by atoms with Gasteiger partial charge in [-0.2, -0.15) is 14.4 Å². The minimum atomic E-state index is -1.32. The zero-order chi connectivity index (χ0) is 31.1. The Morgan fingerprint density at radius 2 is 1.98 bits per heavy atom. The summed E-state index contributed by atoms with van der Waals surface area (Å²) in [5.41, 5.74) is -1.85. The first-order chi connectivity index (χ1) is 19.7. The number of rotatable bonds is 12. The fraction of sp³-hybridized carbons (Fsp3) is 0.538. The Labute approximate surface area is 240 Å². The van der Waals surface area contributed by atoms with Crippen molar-refractivity contribution in [2.45, 2.75) is 58.4 Å². The number of likely N-dealkylation sites (N-methyl/N-ethyl adjacent to an activating group) is 1. The largest absolute Gasteiger partial charge is 0.519 e. The number of alkyl carbamates (subject to hydrolysis) is 1. The maximum atomic E-state index is 14.2. The Hall–Kier alpha value is -4.49. The van der Waals surface area contributed by atoms with Crippen LogP contribution in [0.25, 0.3) is 11.2 Å². The minimum absolute atomic E-state index is 0.100. The van der Waals surface area contributed by atoms with Crippen molar-refractivity contribution in [3.8, 4) is 12.3 Å². The second-order valence-corrected chi connectivity index (χ2v) is 10.3. The summed E-state index contributed by atoms with van der Waals surface area (Å²) < 4.78 is 41.6. The zero-order valence-electron chi connectivity index (χ0n) is 24.3. The van der Waals surface area contributed by atoms with Crippen molar-refractivity contribution < 1.29 is 37.0 Å². The molecule has 3 aromatic rings. The number of methoxy groups -OCH3 is 1. The third-order valence-electron chi connectivity index (χ3n) is 5.91. The average molecular weight is 592 g/mol. The molecule has 3 aromatic heterocycles. The first kappa shape index (κ1) is 32.0. The van der Waals surface area contributed by atoms with Crippen LogP contribution in [0.15, 0.2) is 20.0 Å². The van der Waals surface area contributed by atoms with Gasteiger partial charge in [0.2, 0.25) is 0 Å². The van der Waals surface area contributed by atoms with E-state index in [1.165, 1.54) is 18.0 Å². The molecule has 0 saturated carbocycles. The van der Waals surface area contributed by atoms with Crippen LogP contribution in [0.1, 0.15) is 38.7 Å². The summed E-state index contributed by atoms with van der Waals surface area (Å²) in [6, 6.07) is 0. The Kier molecular flexibility index (Phi) is 10.3. The Morgan fingerprint density at radius 3 is 2.60 bits per heavy atom. The van der Waals surface area contributed by atoms with Crippen LogP contribution in [0.4, 0.5) is 19.8 Å². The van der Waals surface area contributed by atoms with Gasteiger partial charge in [-0.25, -0.2) is 19.4 Å². The van der Waals surface area contributed by atoms with E-state index in [0.717, 1.165) is 0 Å². The van der Waals surface area contributed by atoms with Gasteiger partial charge in [-0.3, -0.25) is 10.2 Å². The van der Waals surface area contributed by atoms with Crippen LogP contribution in [0.5, 0.6) is 0 Å². The molecule has 0 aromatic carbocycles. The highest BCUT2D eigenvalue weighted by Gasteiger charge is 2.30. The molecule has 15 nitrogen and oxygen atoms in total. The average Bonchev–Trinajstić information content (AvgIpc) is 3.44. The number of hydrogen-bond donors (Lipinski definition) is 2. The number of aromatic nitrogens is 4. The van der Waals surface area contributed by atoms with E-state index < -0.39 is 35.3 Å². The van der Waals surface area contributed by atoms with Gasteiger partial charge >= 0.3 is 24.1 Å². The van der Waals surface area contributed by atoms with E-state index in [1.807, 2.05) is 4.90 Å². The third kappa shape index (κ3) is 8.75. The molecular weight excluding hydrogens is 557 g/mol. The molecule has 42 heavy (non-hydrogen) atoms. The van der Waals surface area contributed by atoms with Gasteiger partial charge in [-0.05, 0) is 34.7 Å². The molecule has 0 spiro atoms. The van der Waals surface area contributed by atoms with Crippen molar-refractivity contribution in [2.75, 3.05) is 39.2 Å². The van der Waals surface area contributed by atoms with Gasteiger partial charge in [0, 0.05) is 33.2 Å². The fourth-order valence-corrected chi connectivity index (χ4v) is 3.70. The predicted molar refractivity (Wildman–Crippen MR) is 146 cm³/mol. The van der Waals surface area contributed by atoms with Crippen LogP contribution in [-0.4, -0.2) is 81.7 Å². The van der Waals surface area contributed by atoms with Crippen LogP contribution < -0.4 is 16.5 Å². The lowest BCUT2D eigenvalue weighted by molar-refractivity contribution is -0.0213. The molecule has 1 atom stereocenters. The number of fused-ring (bicyclic) bond motifs is 1. The molecule has 0 bridgehead atoms. The normalized spacial score (nSPS) is 13.0. The third-order valence-corrected chi connectivity index (χ3v) is 5.91. The molecule has 3 rings (SSSR count). The van der Waals surface area contributed by atoms with Crippen LogP contribution in [0.3, 0.4) is 0 Å². The number of imidazole rings is 1. The number of ether oxygens (including phenoxy) is 3. The summed E-state index contributed by atoms with van der Waals surface area (Å²) in [6.45, 7) is 7.52.